The molecule has 0 saturated carbocycles. The number of benzene rings is 2. The Bertz CT molecular complexity index is 755. The van der Waals surface area contributed by atoms with E-state index in [0.29, 0.717) is 17.1 Å². The summed E-state index contributed by atoms with van der Waals surface area (Å²) in [5.41, 5.74) is 7.22. The Kier molecular flexibility index (Phi) is 4.13. The highest BCUT2D eigenvalue weighted by Gasteiger charge is 2.07. The van der Waals surface area contributed by atoms with Crippen LogP contribution in [0.25, 0.3) is 0 Å². The number of sulfone groups is 1. The molecule has 21 heavy (non-hydrogen) atoms. The lowest BCUT2D eigenvalue weighted by Crippen LogP contribution is -2.19. The molecule has 0 bridgehead atoms. The van der Waals surface area contributed by atoms with Gasteiger partial charge in [-0.15, -0.1) is 0 Å². The van der Waals surface area contributed by atoms with E-state index >= 15 is 0 Å². The lowest BCUT2D eigenvalue weighted by Gasteiger charge is -2.08. The molecular formula is C14H15N3O3S. The maximum Gasteiger partial charge on any atom is 0.323 e. The predicted molar refractivity (Wildman–Crippen MR) is 83.0 cm³/mol. The Balaban J connectivity index is 2.03. The van der Waals surface area contributed by atoms with Gasteiger partial charge in [0.05, 0.1) is 4.90 Å². The molecule has 7 heteroatoms. The average molecular weight is 305 g/mol. The van der Waals surface area contributed by atoms with E-state index < -0.39 is 15.9 Å². The molecule has 0 saturated heterocycles. The van der Waals surface area contributed by atoms with Crippen LogP contribution in [0.1, 0.15) is 0 Å². The Hall–Kier alpha value is -2.54. The molecule has 2 amide bonds. The Morgan fingerprint density at radius 2 is 1.62 bits per heavy atom. The lowest BCUT2D eigenvalue weighted by atomic mass is 10.3. The zero-order valence-corrected chi connectivity index (χ0v) is 12.1. The van der Waals surface area contributed by atoms with Crippen molar-refractivity contribution < 1.29 is 13.2 Å². The zero-order chi connectivity index (χ0) is 15.5. The normalized spacial score (nSPS) is 10.9. The van der Waals surface area contributed by atoms with Gasteiger partial charge in [-0.25, -0.2) is 13.2 Å². The van der Waals surface area contributed by atoms with Crippen LogP contribution in [0.15, 0.2) is 53.4 Å². The number of amides is 2. The first-order chi connectivity index (χ1) is 9.84. The summed E-state index contributed by atoms with van der Waals surface area (Å²) in [6, 6.07) is 12.3. The van der Waals surface area contributed by atoms with Crippen LogP contribution in [0, 0.1) is 0 Å². The van der Waals surface area contributed by atoms with Gasteiger partial charge in [0, 0.05) is 23.3 Å². The number of carbonyl (C=O) groups excluding carboxylic acids is 1. The summed E-state index contributed by atoms with van der Waals surface area (Å²) in [7, 11) is -3.24. The van der Waals surface area contributed by atoms with Gasteiger partial charge in [0.15, 0.2) is 9.84 Å². The molecule has 2 aromatic rings. The molecule has 0 aromatic heterocycles. The second-order valence-electron chi connectivity index (χ2n) is 4.50. The SMILES string of the molecule is CS(=O)(=O)c1ccc(NC(=O)Nc2cccc(N)c2)cc1. The van der Waals surface area contributed by atoms with Crippen molar-refractivity contribution in [3.63, 3.8) is 0 Å². The molecule has 0 atom stereocenters. The van der Waals surface area contributed by atoms with E-state index in [1.807, 2.05) is 0 Å². The molecule has 0 aliphatic heterocycles. The van der Waals surface area contributed by atoms with Crippen LogP contribution in [0.5, 0.6) is 0 Å². The van der Waals surface area contributed by atoms with Gasteiger partial charge in [-0.1, -0.05) is 6.07 Å². The third-order valence-electron chi connectivity index (χ3n) is 2.68. The summed E-state index contributed by atoms with van der Waals surface area (Å²) in [6.45, 7) is 0. The second kappa shape index (κ2) is 5.84. The molecule has 0 spiro atoms. The molecule has 0 fully saturated rings. The van der Waals surface area contributed by atoms with Crippen molar-refractivity contribution >= 4 is 32.9 Å². The van der Waals surface area contributed by atoms with E-state index in [0.717, 1.165) is 6.26 Å². The van der Waals surface area contributed by atoms with Crippen LogP contribution in [0.2, 0.25) is 0 Å². The van der Waals surface area contributed by atoms with Crippen molar-refractivity contribution in [2.75, 3.05) is 22.6 Å². The van der Waals surface area contributed by atoms with Crippen molar-refractivity contribution in [3.8, 4) is 0 Å². The van der Waals surface area contributed by atoms with Gasteiger partial charge < -0.3 is 16.4 Å². The topological polar surface area (TPSA) is 101 Å². The van der Waals surface area contributed by atoms with Gasteiger partial charge in [-0.3, -0.25) is 0 Å². The molecule has 2 aromatic carbocycles. The van der Waals surface area contributed by atoms with Crippen molar-refractivity contribution in [2.24, 2.45) is 0 Å². The molecule has 2 rings (SSSR count). The number of carbonyl (C=O) groups is 1. The Morgan fingerprint density at radius 3 is 2.19 bits per heavy atom. The van der Waals surface area contributed by atoms with Gasteiger partial charge in [0.1, 0.15) is 0 Å². The Morgan fingerprint density at radius 1 is 1.00 bits per heavy atom. The number of nitrogens with two attached hydrogens (primary N) is 1. The van der Waals surface area contributed by atoms with Crippen molar-refractivity contribution in [2.45, 2.75) is 4.90 Å². The van der Waals surface area contributed by atoms with Crippen LogP contribution < -0.4 is 16.4 Å². The van der Waals surface area contributed by atoms with Crippen LogP contribution in [0.3, 0.4) is 0 Å². The van der Waals surface area contributed by atoms with Crippen LogP contribution in [-0.4, -0.2) is 20.7 Å². The first kappa shape index (κ1) is 14.9. The molecular weight excluding hydrogens is 290 g/mol. The molecule has 0 heterocycles. The van der Waals surface area contributed by atoms with Crippen LogP contribution in [-0.2, 0) is 9.84 Å². The van der Waals surface area contributed by atoms with E-state index in [1.165, 1.54) is 24.3 Å². The summed E-state index contributed by atoms with van der Waals surface area (Å²) in [6.07, 6.45) is 1.13. The van der Waals surface area contributed by atoms with Crippen molar-refractivity contribution in [1.82, 2.24) is 0 Å². The van der Waals surface area contributed by atoms with E-state index in [2.05, 4.69) is 10.6 Å². The third kappa shape index (κ3) is 4.22. The monoisotopic (exact) mass is 305 g/mol. The number of nitrogen functional groups attached to an aromatic ring is 1. The fourth-order valence-corrected chi connectivity index (χ4v) is 2.33. The highest BCUT2D eigenvalue weighted by molar-refractivity contribution is 7.90. The summed E-state index contributed by atoms with van der Waals surface area (Å²) < 4.78 is 22.7. The highest BCUT2D eigenvalue weighted by atomic mass is 32.2. The van der Waals surface area contributed by atoms with E-state index in [4.69, 9.17) is 5.73 Å². The molecule has 4 N–H and O–H groups in total. The van der Waals surface area contributed by atoms with Crippen LogP contribution in [0.4, 0.5) is 21.9 Å². The number of hydrogen-bond acceptors (Lipinski definition) is 4. The lowest BCUT2D eigenvalue weighted by molar-refractivity contribution is 0.262. The van der Waals surface area contributed by atoms with E-state index in [-0.39, 0.29) is 4.90 Å². The fourth-order valence-electron chi connectivity index (χ4n) is 1.70. The van der Waals surface area contributed by atoms with Gasteiger partial charge in [0.2, 0.25) is 0 Å². The van der Waals surface area contributed by atoms with Crippen molar-refractivity contribution in [3.05, 3.63) is 48.5 Å². The number of rotatable bonds is 3. The summed E-state index contributed by atoms with van der Waals surface area (Å²) in [4.78, 5) is 12.0. The third-order valence-corrected chi connectivity index (χ3v) is 3.81. The minimum Gasteiger partial charge on any atom is -0.399 e. The molecule has 110 valence electrons. The number of urea groups is 1. The smallest absolute Gasteiger partial charge is 0.323 e. The zero-order valence-electron chi connectivity index (χ0n) is 11.3. The predicted octanol–water partition coefficient (Wildman–Crippen LogP) is 2.32. The summed E-state index contributed by atoms with van der Waals surface area (Å²) in [5.74, 6) is 0. The molecule has 0 unspecified atom stereocenters. The number of anilines is 3. The average Bonchev–Trinajstić information content (AvgIpc) is 2.38. The quantitative estimate of drug-likeness (QED) is 0.757. The van der Waals surface area contributed by atoms with Gasteiger partial charge in [0.25, 0.3) is 0 Å². The molecule has 6 nitrogen and oxygen atoms in total. The Labute approximate surface area is 122 Å². The van der Waals surface area contributed by atoms with Gasteiger partial charge in [-0.05, 0) is 42.5 Å². The largest absolute Gasteiger partial charge is 0.399 e. The molecule has 0 aliphatic carbocycles. The minimum atomic E-state index is -3.24. The van der Waals surface area contributed by atoms with Gasteiger partial charge >= 0.3 is 6.03 Å². The van der Waals surface area contributed by atoms with E-state index in [1.54, 1.807) is 24.3 Å². The first-order valence-electron chi connectivity index (χ1n) is 6.08. The number of nitrogens with one attached hydrogen (secondary N) is 2. The highest BCUT2D eigenvalue weighted by Crippen LogP contribution is 2.15. The summed E-state index contributed by atoms with van der Waals surface area (Å²) >= 11 is 0. The van der Waals surface area contributed by atoms with Gasteiger partial charge in [-0.2, -0.15) is 0 Å². The molecule has 0 radical (unpaired) electrons. The van der Waals surface area contributed by atoms with E-state index in [9.17, 15) is 13.2 Å². The number of hydrogen-bond donors (Lipinski definition) is 3. The maximum absolute atomic E-state index is 11.8. The summed E-state index contributed by atoms with van der Waals surface area (Å²) in [5, 5.41) is 5.23. The first-order valence-corrected chi connectivity index (χ1v) is 7.97. The molecule has 0 aliphatic rings. The maximum atomic E-state index is 11.8. The second-order valence-corrected chi connectivity index (χ2v) is 6.52. The standard InChI is InChI=1S/C14H15N3O3S/c1-21(19,20)13-7-5-11(6-8-13)16-14(18)17-12-4-2-3-10(15)9-12/h2-9H,15H2,1H3,(H2,16,17,18). The van der Waals surface area contributed by atoms with Crippen LogP contribution >= 0.6 is 0 Å². The minimum absolute atomic E-state index is 0.198. The fraction of sp³-hybridized carbons (Fsp3) is 0.0714. The van der Waals surface area contributed by atoms with Crippen molar-refractivity contribution in [1.29, 1.82) is 0 Å².